The third kappa shape index (κ3) is 8.54. The van der Waals surface area contributed by atoms with Gasteiger partial charge in [0.25, 0.3) is 0 Å². The highest BCUT2D eigenvalue weighted by Crippen LogP contribution is 2.23. The summed E-state index contributed by atoms with van der Waals surface area (Å²) in [6, 6.07) is 20.5. The molecule has 0 aromatic heterocycles. The molecule has 0 saturated carbocycles. The zero-order valence-electron chi connectivity index (χ0n) is 17.8. The van der Waals surface area contributed by atoms with Crippen LogP contribution < -0.4 is 0 Å². The van der Waals surface area contributed by atoms with E-state index in [1.165, 1.54) is 0 Å². The standard InChI is InChI=1S/C25H34O5/c1-3-9-23(10-4-1)17-29-21-25(22-30-18-24-11-5-2-6-12-24)19-27-15-7-13-26-14-8-16-28-20-25/h1-6,9-12H,7-8,13-22H2. The summed E-state index contributed by atoms with van der Waals surface area (Å²) in [5.74, 6) is 0. The molecule has 1 heterocycles. The lowest BCUT2D eigenvalue weighted by Gasteiger charge is -2.33. The van der Waals surface area contributed by atoms with Crippen molar-refractivity contribution >= 4 is 0 Å². The van der Waals surface area contributed by atoms with Crippen molar-refractivity contribution in [2.75, 3.05) is 52.9 Å². The summed E-state index contributed by atoms with van der Waals surface area (Å²) in [5, 5.41) is 0. The zero-order chi connectivity index (χ0) is 20.7. The lowest BCUT2D eigenvalue weighted by atomic mass is 9.92. The van der Waals surface area contributed by atoms with Crippen LogP contribution >= 0.6 is 0 Å². The fourth-order valence-electron chi connectivity index (χ4n) is 3.37. The molecule has 0 aliphatic carbocycles. The minimum absolute atomic E-state index is 0.344. The average Bonchev–Trinajstić information content (AvgIpc) is 2.78. The number of ether oxygens (including phenoxy) is 5. The van der Waals surface area contributed by atoms with Gasteiger partial charge in [-0.05, 0) is 24.0 Å². The molecule has 0 spiro atoms. The summed E-state index contributed by atoms with van der Waals surface area (Å²) in [5.41, 5.74) is 1.97. The van der Waals surface area contributed by atoms with Gasteiger partial charge in [0.05, 0.1) is 45.1 Å². The Kier molecular flexibility index (Phi) is 10.3. The topological polar surface area (TPSA) is 46.2 Å². The third-order valence-electron chi connectivity index (χ3n) is 5.01. The van der Waals surface area contributed by atoms with E-state index in [-0.39, 0.29) is 5.41 Å². The zero-order valence-corrected chi connectivity index (χ0v) is 17.8. The van der Waals surface area contributed by atoms with E-state index in [1.54, 1.807) is 0 Å². The van der Waals surface area contributed by atoms with Gasteiger partial charge in [-0.15, -0.1) is 0 Å². The molecule has 2 aromatic carbocycles. The maximum Gasteiger partial charge on any atom is 0.0717 e. The first-order valence-corrected chi connectivity index (χ1v) is 10.8. The van der Waals surface area contributed by atoms with Gasteiger partial charge in [0.15, 0.2) is 0 Å². The van der Waals surface area contributed by atoms with Crippen LogP contribution in [0.2, 0.25) is 0 Å². The van der Waals surface area contributed by atoms with Crippen molar-refractivity contribution in [2.45, 2.75) is 26.1 Å². The number of hydrogen-bond donors (Lipinski definition) is 0. The van der Waals surface area contributed by atoms with Crippen molar-refractivity contribution in [3.8, 4) is 0 Å². The fraction of sp³-hybridized carbons (Fsp3) is 0.520. The van der Waals surface area contributed by atoms with Gasteiger partial charge in [0.1, 0.15) is 0 Å². The summed E-state index contributed by atoms with van der Waals surface area (Å²) in [4.78, 5) is 0. The maximum atomic E-state index is 6.12. The summed E-state index contributed by atoms with van der Waals surface area (Å²) in [7, 11) is 0. The van der Waals surface area contributed by atoms with Crippen molar-refractivity contribution in [1.29, 1.82) is 0 Å². The Bertz CT molecular complexity index is 617. The molecule has 0 amide bonds. The molecular weight excluding hydrogens is 380 g/mol. The predicted molar refractivity (Wildman–Crippen MR) is 116 cm³/mol. The SMILES string of the molecule is c1ccc(COCC2(COCc3ccccc3)COCCCOCCCOC2)cc1. The molecular formula is C25H34O5. The average molecular weight is 415 g/mol. The van der Waals surface area contributed by atoms with Crippen LogP contribution in [0.25, 0.3) is 0 Å². The van der Waals surface area contributed by atoms with Crippen molar-refractivity contribution in [1.82, 2.24) is 0 Å². The van der Waals surface area contributed by atoms with Gasteiger partial charge in [0, 0.05) is 26.4 Å². The molecule has 0 radical (unpaired) electrons. The largest absolute Gasteiger partial charge is 0.381 e. The first kappa shape index (κ1) is 22.9. The highest BCUT2D eigenvalue weighted by Gasteiger charge is 2.32. The van der Waals surface area contributed by atoms with Crippen LogP contribution in [-0.2, 0) is 36.9 Å². The van der Waals surface area contributed by atoms with Crippen LogP contribution in [0.1, 0.15) is 24.0 Å². The summed E-state index contributed by atoms with van der Waals surface area (Å²) < 4.78 is 29.8. The maximum absolute atomic E-state index is 6.12. The van der Waals surface area contributed by atoms with E-state index < -0.39 is 0 Å². The molecule has 1 aliphatic heterocycles. The quantitative estimate of drug-likeness (QED) is 0.646. The van der Waals surface area contributed by atoms with Gasteiger partial charge in [0.2, 0.25) is 0 Å². The second-order valence-electron chi connectivity index (χ2n) is 7.88. The van der Waals surface area contributed by atoms with Crippen molar-refractivity contribution in [3.05, 3.63) is 71.8 Å². The Morgan fingerprint density at radius 1 is 0.600 bits per heavy atom. The lowest BCUT2D eigenvalue weighted by molar-refractivity contribution is -0.116. The Hall–Kier alpha value is -1.76. The molecule has 5 nitrogen and oxygen atoms in total. The van der Waals surface area contributed by atoms with E-state index in [1.807, 2.05) is 36.4 Å². The number of hydrogen-bond acceptors (Lipinski definition) is 5. The molecule has 0 atom stereocenters. The highest BCUT2D eigenvalue weighted by molar-refractivity contribution is 5.14. The lowest BCUT2D eigenvalue weighted by Crippen LogP contribution is -2.42. The van der Waals surface area contributed by atoms with E-state index >= 15 is 0 Å². The molecule has 3 rings (SSSR count). The Labute approximate surface area is 180 Å². The Morgan fingerprint density at radius 3 is 1.50 bits per heavy atom. The van der Waals surface area contributed by atoms with Gasteiger partial charge >= 0.3 is 0 Å². The fourth-order valence-corrected chi connectivity index (χ4v) is 3.37. The van der Waals surface area contributed by atoms with Gasteiger partial charge in [-0.1, -0.05) is 60.7 Å². The molecule has 1 fully saturated rings. The van der Waals surface area contributed by atoms with Gasteiger partial charge in [-0.25, -0.2) is 0 Å². The summed E-state index contributed by atoms with van der Waals surface area (Å²) >= 11 is 0. The molecule has 0 N–H and O–H groups in total. The van der Waals surface area contributed by atoms with E-state index in [0.717, 1.165) is 37.2 Å². The monoisotopic (exact) mass is 414 g/mol. The van der Waals surface area contributed by atoms with Crippen LogP contribution in [0.4, 0.5) is 0 Å². The molecule has 30 heavy (non-hydrogen) atoms. The van der Waals surface area contributed by atoms with E-state index in [9.17, 15) is 0 Å². The molecule has 0 bridgehead atoms. The van der Waals surface area contributed by atoms with Crippen molar-refractivity contribution < 1.29 is 23.7 Å². The summed E-state index contributed by atoms with van der Waals surface area (Å²) in [6.45, 7) is 6.03. The van der Waals surface area contributed by atoms with Gasteiger partial charge in [-0.3, -0.25) is 0 Å². The number of rotatable bonds is 8. The number of benzene rings is 2. The molecule has 5 heteroatoms. The summed E-state index contributed by atoms with van der Waals surface area (Å²) in [6.07, 6.45) is 1.79. The minimum Gasteiger partial charge on any atom is -0.381 e. The normalized spacial score (nSPS) is 18.3. The smallest absolute Gasteiger partial charge is 0.0717 e. The van der Waals surface area contributed by atoms with E-state index in [2.05, 4.69) is 24.3 Å². The predicted octanol–water partition coefficient (Wildman–Crippen LogP) is 4.25. The molecule has 2 aromatic rings. The van der Waals surface area contributed by atoms with Crippen molar-refractivity contribution in [3.63, 3.8) is 0 Å². The first-order chi connectivity index (χ1) is 14.9. The molecule has 0 unspecified atom stereocenters. The third-order valence-corrected chi connectivity index (χ3v) is 5.01. The van der Waals surface area contributed by atoms with Crippen LogP contribution in [-0.4, -0.2) is 52.9 Å². The minimum atomic E-state index is -0.344. The Morgan fingerprint density at radius 2 is 1.03 bits per heavy atom. The molecule has 1 aliphatic rings. The van der Waals surface area contributed by atoms with E-state index in [4.69, 9.17) is 23.7 Å². The van der Waals surface area contributed by atoms with Crippen molar-refractivity contribution in [2.24, 2.45) is 5.41 Å². The van der Waals surface area contributed by atoms with Crippen LogP contribution in [0.3, 0.4) is 0 Å². The molecule has 1 saturated heterocycles. The van der Waals surface area contributed by atoms with Crippen LogP contribution in [0, 0.1) is 5.41 Å². The van der Waals surface area contributed by atoms with Crippen LogP contribution in [0.15, 0.2) is 60.7 Å². The van der Waals surface area contributed by atoms with Gasteiger partial charge < -0.3 is 23.7 Å². The first-order valence-electron chi connectivity index (χ1n) is 10.8. The highest BCUT2D eigenvalue weighted by atomic mass is 16.5. The molecule has 164 valence electrons. The van der Waals surface area contributed by atoms with Gasteiger partial charge in [-0.2, -0.15) is 0 Å². The second kappa shape index (κ2) is 13.5. The van der Waals surface area contributed by atoms with Crippen LogP contribution in [0.5, 0.6) is 0 Å². The Balaban J connectivity index is 1.60. The van der Waals surface area contributed by atoms with E-state index in [0.29, 0.717) is 52.9 Å². The second-order valence-corrected chi connectivity index (χ2v) is 7.88.